The van der Waals surface area contributed by atoms with E-state index in [9.17, 15) is 4.79 Å². The second-order valence-corrected chi connectivity index (χ2v) is 3.73. The van der Waals surface area contributed by atoms with E-state index in [0.29, 0.717) is 18.1 Å². The average Bonchev–Trinajstić information content (AvgIpc) is 2.76. The van der Waals surface area contributed by atoms with Gasteiger partial charge in [0.25, 0.3) is 5.91 Å². The number of nitrogen functional groups attached to an aromatic ring is 1. The summed E-state index contributed by atoms with van der Waals surface area (Å²) in [7, 11) is 1.71. The molecule has 0 saturated heterocycles. The molecule has 0 radical (unpaired) electrons. The van der Waals surface area contributed by atoms with E-state index in [-0.39, 0.29) is 5.91 Å². The lowest BCUT2D eigenvalue weighted by Crippen LogP contribution is -2.26. The van der Waals surface area contributed by atoms with Crippen molar-refractivity contribution in [2.75, 3.05) is 12.8 Å². The highest BCUT2D eigenvalue weighted by molar-refractivity contribution is 5.92. The number of aromatic amines is 1. The van der Waals surface area contributed by atoms with Crippen LogP contribution in [0.3, 0.4) is 0 Å². The number of anilines is 1. The van der Waals surface area contributed by atoms with Crippen LogP contribution in [0.1, 0.15) is 16.1 Å². The van der Waals surface area contributed by atoms with Gasteiger partial charge in [0.2, 0.25) is 0 Å². The van der Waals surface area contributed by atoms with E-state index < -0.39 is 0 Å². The summed E-state index contributed by atoms with van der Waals surface area (Å²) in [5, 5.41) is 6.31. The minimum Gasteiger partial charge on any atom is -0.382 e. The lowest BCUT2D eigenvalue weighted by atomic mass is 10.2. The quantitative estimate of drug-likeness (QED) is 0.812. The number of carbonyl (C=O) groups is 1. The summed E-state index contributed by atoms with van der Waals surface area (Å²) in [5.41, 5.74) is 6.80. The van der Waals surface area contributed by atoms with Crippen molar-refractivity contribution in [3.8, 4) is 0 Å². The molecule has 0 aliphatic rings. The fourth-order valence-electron chi connectivity index (χ4n) is 1.49. The predicted octanol–water partition coefficient (Wildman–Crippen LogP) is 0.659. The predicted molar refractivity (Wildman–Crippen MR) is 63.0 cm³/mol. The summed E-state index contributed by atoms with van der Waals surface area (Å²) in [6, 6.07) is 5.27. The number of hydrogen-bond donors (Lipinski definition) is 2. The molecular weight excluding hydrogens is 218 g/mol. The Bertz CT molecular complexity index is 508. The van der Waals surface area contributed by atoms with Crippen LogP contribution >= 0.6 is 0 Å². The van der Waals surface area contributed by atoms with Crippen LogP contribution in [0.2, 0.25) is 0 Å². The molecule has 0 fully saturated rings. The summed E-state index contributed by atoms with van der Waals surface area (Å²) >= 11 is 0. The SMILES string of the molecule is CN(Cc1cccnc1)C(=O)c1cc(N)n[nH]1. The first kappa shape index (κ1) is 11.1. The first-order valence-corrected chi connectivity index (χ1v) is 5.12. The van der Waals surface area contributed by atoms with Crippen LogP contribution in [0.4, 0.5) is 5.82 Å². The van der Waals surface area contributed by atoms with Crippen molar-refractivity contribution in [2.45, 2.75) is 6.54 Å². The summed E-state index contributed by atoms with van der Waals surface area (Å²) < 4.78 is 0. The molecule has 0 aromatic carbocycles. The Morgan fingerprint density at radius 2 is 2.41 bits per heavy atom. The van der Waals surface area contributed by atoms with Gasteiger partial charge in [0.15, 0.2) is 0 Å². The number of amides is 1. The van der Waals surface area contributed by atoms with Crippen molar-refractivity contribution >= 4 is 11.7 Å². The van der Waals surface area contributed by atoms with Crippen molar-refractivity contribution < 1.29 is 4.79 Å². The van der Waals surface area contributed by atoms with Gasteiger partial charge in [-0.25, -0.2) is 0 Å². The van der Waals surface area contributed by atoms with E-state index in [1.54, 1.807) is 24.3 Å². The Labute approximate surface area is 98.5 Å². The second-order valence-electron chi connectivity index (χ2n) is 3.73. The largest absolute Gasteiger partial charge is 0.382 e. The zero-order valence-corrected chi connectivity index (χ0v) is 9.42. The molecule has 0 spiro atoms. The van der Waals surface area contributed by atoms with Gasteiger partial charge in [-0.2, -0.15) is 5.10 Å². The molecule has 2 rings (SSSR count). The first-order valence-electron chi connectivity index (χ1n) is 5.12. The molecule has 0 saturated carbocycles. The molecule has 17 heavy (non-hydrogen) atoms. The minimum atomic E-state index is -0.155. The smallest absolute Gasteiger partial charge is 0.271 e. The van der Waals surface area contributed by atoms with E-state index in [1.807, 2.05) is 12.1 Å². The van der Waals surface area contributed by atoms with Crippen molar-refractivity contribution in [3.63, 3.8) is 0 Å². The number of nitrogens with one attached hydrogen (secondary N) is 1. The standard InChI is InChI=1S/C11H13N5O/c1-16(7-8-3-2-4-13-6-8)11(17)9-5-10(12)15-14-9/h2-6H,7H2,1H3,(H3,12,14,15). The minimum absolute atomic E-state index is 0.155. The maximum atomic E-state index is 11.9. The molecule has 0 unspecified atom stereocenters. The van der Waals surface area contributed by atoms with E-state index in [4.69, 9.17) is 5.73 Å². The van der Waals surface area contributed by atoms with Gasteiger partial charge in [0.1, 0.15) is 11.5 Å². The molecule has 2 aromatic heterocycles. The molecule has 6 heteroatoms. The van der Waals surface area contributed by atoms with E-state index in [2.05, 4.69) is 15.2 Å². The van der Waals surface area contributed by atoms with Crippen LogP contribution in [-0.2, 0) is 6.54 Å². The topological polar surface area (TPSA) is 87.9 Å². The second kappa shape index (κ2) is 4.65. The Morgan fingerprint density at radius 3 is 3.00 bits per heavy atom. The Hall–Kier alpha value is -2.37. The van der Waals surface area contributed by atoms with Crippen LogP contribution in [0.5, 0.6) is 0 Å². The van der Waals surface area contributed by atoms with Gasteiger partial charge >= 0.3 is 0 Å². The average molecular weight is 231 g/mol. The maximum absolute atomic E-state index is 11.9. The fourth-order valence-corrected chi connectivity index (χ4v) is 1.49. The molecule has 88 valence electrons. The molecule has 6 nitrogen and oxygen atoms in total. The molecule has 2 aromatic rings. The van der Waals surface area contributed by atoms with Crippen LogP contribution in [-0.4, -0.2) is 33.0 Å². The summed E-state index contributed by atoms with van der Waals surface area (Å²) in [6.45, 7) is 0.492. The molecule has 2 heterocycles. The summed E-state index contributed by atoms with van der Waals surface area (Å²) in [6.07, 6.45) is 3.42. The normalized spacial score (nSPS) is 10.2. The van der Waals surface area contributed by atoms with E-state index >= 15 is 0 Å². The van der Waals surface area contributed by atoms with E-state index in [0.717, 1.165) is 5.56 Å². The molecular formula is C11H13N5O. The van der Waals surface area contributed by atoms with Crippen LogP contribution < -0.4 is 5.73 Å². The molecule has 0 aliphatic heterocycles. The van der Waals surface area contributed by atoms with Crippen molar-refractivity contribution in [3.05, 3.63) is 41.9 Å². The summed E-state index contributed by atoms with van der Waals surface area (Å²) in [4.78, 5) is 17.5. The summed E-state index contributed by atoms with van der Waals surface area (Å²) in [5.74, 6) is 0.154. The Balaban J connectivity index is 2.06. The van der Waals surface area contributed by atoms with Gasteiger partial charge in [-0.1, -0.05) is 6.07 Å². The number of pyridine rings is 1. The van der Waals surface area contributed by atoms with Gasteiger partial charge in [-0.15, -0.1) is 0 Å². The highest BCUT2D eigenvalue weighted by Crippen LogP contribution is 2.07. The number of carbonyl (C=O) groups excluding carboxylic acids is 1. The van der Waals surface area contributed by atoms with Gasteiger partial charge in [-0.05, 0) is 11.6 Å². The third-order valence-corrected chi connectivity index (χ3v) is 2.32. The number of hydrogen-bond acceptors (Lipinski definition) is 4. The number of rotatable bonds is 3. The third kappa shape index (κ3) is 2.60. The van der Waals surface area contributed by atoms with E-state index in [1.165, 1.54) is 6.07 Å². The van der Waals surface area contributed by atoms with Gasteiger partial charge in [0.05, 0.1) is 0 Å². The van der Waals surface area contributed by atoms with Gasteiger partial charge in [-0.3, -0.25) is 14.9 Å². The molecule has 0 bridgehead atoms. The zero-order valence-electron chi connectivity index (χ0n) is 9.42. The highest BCUT2D eigenvalue weighted by atomic mass is 16.2. The maximum Gasteiger partial charge on any atom is 0.271 e. The molecule has 3 N–H and O–H groups in total. The number of nitrogens with zero attached hydrogens (tertiary/aromatic N) is 3. The molecule has 0 atom stereocenters. The molecule has 0 aliphatic carbocycles. The highest BCUT2D eigenvalue weighted by Gasteiger charge is 2.14. The third-order valence-electron chi connectivity index (χ3n) is 2.32. The van der Waals surface area contributed by atoms with Crippen LogP contribution in [0.25, 0.3) is 0 Å². The number of nitrogens with two attached hydrogens (primary N) is 1. The van der Waals surface area contributed by atoms with Crippen molar-refractivity contribution in [1.82, 2.24) is 20.1 Å². The first-order chi connectivity index (χ1) is 8.16. The number of aromatic nitrogens is 3. The Morgan fingerprint density at radius 1 is 1.59 bits per heavy atom. The van der Waals surface area contributed by atoms with Crippen LogP contribution in [0.15, 0.2) is 30.6 Å². The van der Waals surface area contributed by atoms with Gasteiger partial charge < -0.3 is 10.6 Å². The monoisotopic (exact) mass is 231 g/mol. The van der Waals surface area contributed by atoms with Crippen LogP contribution in [0, 0.1) is 0 Å². The number of H-pyrrole nitrogens is 1. The molecule has 1 amide bonds. The van der Waals surface area contributed by atoms with Crippen molar-refractivity contribution in [1.29, 1.82) is 0 Å². The van der Waals surface area contributed by atoms with Crippen molar-refractivity contribution in [2.24, 2.45) is 0 Å². The lowest BCUT2D eigenvalue weighted by molar-refractivity contribution is 0.0779. The van der Waals surface area contributed by atoms with Gasteiger partial charge in [0, 0.05) is 32.1 Å². The Kier molecular flexibility index (Phi) is 3.04. The lowest BCUT2D eigenvalue weighted by Gasteiger charge is -2.15. The fraction of sp³-hybridized carbons (Fsp3) is 0.182. The zero-order chi connectivity index (χ0) is 12.3.